The second-order valence-corrected chi connectivity index (χ2v) is 4.68. The van der Waals surface area contributed by atoms with Gasteiger partial charge in [-0.25, -0.2) is 4.39 Å². The number of amides is 1. The van der Waals surface area contributed by atoms with Crippen molar-refractivity contribution in [2.75, 3.05) is 13.1 Å². The first-order valence-corrected chi connectivity index (χ1v) is 6.33. The molecule has 1 saturated heterocycles. The summed E-state index contributed by atoms with van der Waals surface area (Å²) in [5, 5.41) is 11.9. The number of nitrogens with one attached hydrogen (secondary N) is 1. The van der Waals surface area contributed by atoms with Crippen LogP contribution in [0.3, 0.4) is 0 Å². The average molecular weight is 261 g/mol. The van der Waals surface area contributed by atoms with Crippen LogP contribution < -0.4 is 5.32 Å². The molecule has 0 aliphatic carbocycles. The molecule has 5 heteroatoms. The third kappa shape index (κ3) is 2.91. The van der Waals surface area contributed by atoms with Crippen LogP contribution in [0.15, 0.2) is 18.2 Å². The van der Waals surface area contributed by atoms with Crippen molar-refractivity contribution in [3.63, 3.8) is 0 Å². The van der Waals surface area contributed by atoms with Crippen molar-refractivity contribution in [3.8, 4) is 6.07 Å². The number of hydrogen-bond acceptors (Lipinski definition) is 3. The Morgan fingerprint density at radius 1 is 1.58 bits per heavy atom. The van der Waals surface area contributed by atoms with Crippen molar-refractivity contribution < 1.29 is 9.18 Å². The minimum Gasteiger partial charge on any atom is -0.337 e. The van der Waals surface area contributed by atoms with Crippen molar-refractivity contribution in [2.45, 2.75) is 25.9 Å². The molecule has 1 amide bonds. The van der Waals surface area contributed by atoms with Gasteiger partial charge in [-0.1, -0.05) is 12.1 Å². The molecule has 0 saturated carbocycles. The van der Waals surface area contributed by atoms with Crippen LogP contribution in [-0.2, 0) is 11.3 Å². The van der Waals surface area contributed by atoms with Crippen LogP contribution in [0, 0.1) is 17.1 Å². The fourth-order valence-electron chi connectivity index (χ4n) is 2.21. The number of carbonyl (C=O) groups excluding carboxylic acids is 1. The lowest BCUT2D eigenvalue weighted by molar-refractivity contribution is -0.132. The topological polar surface area (TPSA) is 56.1 Å². The molecule has 1 unspecified atom stereocenters. The summed E-state index contributed by atoms with van der Waals surface area (Å²) in [6.45, 7) is 3.41. The fourth-order valence-corrected chi connectivity index (χ4v) is 2.21. The molecule has 0 spiro atoms. The van der Waals surface area contributed by atoms with Crippen LogP contribution in [-0.4, -0.2) is 29.9 Å². The molecule has 0 radical (unpaired) electrons. The Balaban J connectivity index is 2.21. The molecular formula is C14H16FN3O. The monoisotopic (exact) mass is 261 g/mol. The summed E-state index contributed by atoms with van der Waals surface area (Å²) in [7, 11) is 0. The van der Waals surface area contributed by atoms with Gasteiger partial charge in [-0.3, -0.25) is 4.79 Å². The van der Waals surface area contributed by atoms with Crippen molar-refractivity contribution in [1.82, 2.24) is 10.2 Å². The smallest absolute Gasteiger partial charge is 0.239 e. The molecule has 19 heavy (non-hydrogen) atoms. The fraction of sp³-hybridized carbons (Fsp3) is 0.429. The molecule has 2 rings (SSSR count). The number of carbonyl (C=O) groups is 1. The van der Waals surface area contributed by atoms with Gasteiger partial charge in [0.15, 0.2) is 0 Å². The average Bonchev–Trinajstić information content (AvgIpc) is 2.56. The van der Waals surface area contributed by atoms with Gasteiger partial charge in [-0.15, -0.1) is 0 Å². The highest BCUT2D eigenvalue weighted by molar-refractivity contribution is 5.81. The zero-order valence-electron chi connectivity index (χ0n) is 10.8. The van der Waals surface area contributed by atoms with Gasteiger partial charge in [0, 0.05) is 18.7 Å². The van der Waals surface area contributed by atoms with Gasteiger partial charge >= 0.3 is 0 Å². The minimum absolute atomic E-state index is 0.0194. The van der Waals surface area contributed by atoms with Gasteiger partial charge in [-0.05, 0) is 26.0 Å². The van der Waals surface area contributed by atoms with E-state index in [2.05, 4.69) is 5.32 Å². The van der Waals surface area contributed by atoms with Crippen LogP contribution in [0.2, 0.25) is 0 Å². The van der Waals surface area contributed by atoms with E-state index in [1.807, 2.05) is 13.0 Å². The Morgan fingerprint density at radius 3 is 3.11 bits per heavy atom. The molecule has 0 bridgehead atoms. The van der Waals surface area contributed by atoms with Gasteiger partial charge in [0.1, 0.15) is 11.9 Å². The van der Waals surface area contributed by atoms with E-state index in [4.69, 9.17) is 5.26 Å². The SMILES string of the molecule is CC1NCCCN(Cc2cccc(C#N)c2F)C1=O. The lowest BCUT2D eigenvalue weighted by Crippen LogP contribution is -2.41. The number of nitriles is 1. The largest absolute Gasteiger partial charge is 0.337 e. The van der Waals surface area contributed by atoms with E-state index in [0.717, 1.165) is 13.0 Å². The third-order valence-electron chi connectivity index (χ3n) is 3.30. The molecule has 100 valence electrons. The molecule has 1 aromatic rings. The van der Waals surface area contributed by atoms with E-state index >= 15 is 0 Å². The highest BCUT2D eigenvalue weighted by Gasteiger charge is 2.24. The van der Waals surface area contributed by atoms with Gasteiger partial charge in [-0.2, -0.15) is 5.26 Å². The van der Waals surface area contributed by atoms with Gasteiger partial charge < -0.3 is 10.2 Å². The van der Waals surface area contributed by atoms with Crippen LogP contribution in [0.4, 0.5) is 4.39 Å². The first-order valence-electron chi connectivity index (χ1n) is 6.33. The summed E-state index contributed by atoms with van der Waals surface area (Å²) in [6, 6.07) is 6.26. The van der Waals surface area contributed by atoms with E-state index < -0.39 is 5.82 Å². The first-order chi connectivity index (χ1) is 9.13. The summed E-state index contributed by atoms with van der Waals surface area (Å²) in [4.78, 5) is 13.7. The maximum Gasteiger partial charge on any atom is 0.239 e. The zero-order valence-corrected chi connectivity index (χ0v) is 10.8. The number of nitrogens with zero attached hydrogens (tertiary/aromatic N) is 2. The van der Waals surface area contributed by atoms with Crippen LogP contribution in [0.1, 0.15) is 24.5 Å². The zero-order chi connectivity index (χ0) is 13.8. The normalized spacial score (nSPS) is 19.9. The minimum atomic E-state index is -0.525. The molecule has 1 aromatic carbocycles. The van der Waals surface area contributed by atoms with E-state index in [1.165, 1.54) is 6.07 Å². The number of rotatable bonds is 2. The van der Waals surface area contributed by atoms with E-state index in [0.29, 0.717) is 12.1 Å². The van der Waals surface area contributed by atoms with Gasteiger partial charge in [0.05, 0.1) is 11.6 Å². The van der Waals surface area contributed by atoms with Crippen molar-refractivity contribution in [1.29, 1.82) is 5.26 Å². The standard InChI is InChI=1S/C14H16FN3O/c1-10-14(19)18(7-3-6-17-10)9-12-5-2-4-11(8-16)13(12)15/h2,4-5,10,17H,3,6-7,9H2,1H3. The Bertz CT molecular complexity index is 524. The predicted octanol–water partition coefficient (Wildman–Crippen LogP) is 1.41. The molecular weight excluding hydrogens is 245 g/mol. The Labute approximate surface area is 111 Å². The lowest BCUT2D eigenvalue weighted by Gasteiger charge is -2.23. The highest BCUT2D eigenvalue weighted by atomic mass is 19.1. The second kappa shape index (κ2) is 5.81. The van der Waals surface area contributed by atoms with Crippen molar-refractivity contribution >= 4 is 5.91 Å². The quantitative estimate of drug-likeness (QED) is 0.875. The van der Waals surface area contributed by atoms with Crippen LogP contribution in [0.5, 0.6) is 0 Å². The molecule has 1 aliphatic rings. The number of hydrogen-bond donors (Lipinski definition) is 1. The number of halogens is 1. The van der Waals surface area contributed by atoms with Crippen molar-refractivity contribution in [2.24, 2.45) is 0 Å². The van der Waals surface area contributed by atoms with Gasteiger partial charge in [0.25, 0.3) is 0 Å². The summed E-state index contributed by atoms with van der Waals surface area (Å²) < 4.78 is 14.0. The Kier molecular flexibility index (Phi) is 4.13. The Morgan fingerprint density at radius 2 is 2.37 bits per heavy atom. The summed E-state index contributed by atoms with van der Waals surface area (Å²) in [6.07, 6.45) is 0.843. The highest BCUT2D eigenvalue weighted by Crippen LogP contribution is 2.16. The van der Waals surface area contributed by atoms with E-state index in [9.17, 15) is 9.18 Å². The van der Waals surface area contributed by atoms with E-state index in [1.54, 1.807) is 17.0 Å². The molecule has 1 aliphatic heterocycles. The lowest BCUT2D eigenvalue weighted by atomic mass is 10.1. The molecule has 1 N–H and O–H groups in total. The number of benzene rings is 1. The van der Waals surface area contributed by atoms with Crippen molar-refractivity contribution in [3.05, 3.63) is 35.1 Å². The Hall–Kier alpha value is -1.93. The van der Waals surface area contributed by atoms with E-state index in [-0.39, 0.29) is 24.1 Å². The predicted molar refractivity (Wildman–Crippen MR) is 68.6 cm³/mol. The second-order valence-electron chi connectivity index (χ2n) is 4.68. The maximum absolute atomic E-state index is 14.0. The third-order valence-corrected chi connectivity index (χ3v) is 3.30. The summed E-state index contributed by atoms with van der Waals surface area (Å²) >= 11 is 0. The first kappa shape index (κ1) is 13.5. The summed E-state index contributed by atoms with van der Waals surface area (Å²) in [5.74, 6) is -0.554. The maximum atomic E-state index is 14.0. The molecule has 1 heterocycles. The summed E-state index contributed by atoms with van der Waals surface area (Å²) in [5.41, 5.74) is 0.410. The van der Waals surface area contributed by atoms with Crippen LogP contribution >= 0.6 is 0 Å². The molecule has 1 fully saturated rings. The van der Waals surface area contributed by atoms with Crippen LogP contribution in [0.25, 0.3) is 0 Å². The molecule has 4 nitrogen and oxygen atoms in total. The molecule has 1 atom stereocenters. The van der Waals surface area contributed by atoms with Gasteiger partial charge in [0.2, 0.25) is 5.91 Å². The molecule has 0 aromatic heterocycles.